The summed E-state index contributed by atoms with van der Waals surface area (Å²) in [6.45, 7) is 5.31. The Balaban J connectivity index is 1.98. The zero-order valence-corrected chi connectivity index (χ0v) is 11.7. The van der Waals surface area contributed by atoms with Crippen molar-refractivity contribution in [2.24, 2.45) is 17.3 Å². The van der Waals surface area contributed by atoms with Gasteiger partial charge in [0.25, 0.3) is 0 Å². The minimum atomic E-state index is -0.597. The summed E-state index contributed by atoms with van der Waals surface area (Å²) >= 11 is 0. The number of rotatable bonds is 4. The molecule has 0 aromatic rings. The van der Waals surface area contributed by atoms with E-state index in [1.54, 1.807) is 0 Å². The first-order chi connectivity index (χ1) is 8.53. The average Bonchev–Trinajstić information content (AvgIpc) is 2.82. The summed E-state index contributed by atoms with van der Waals surface area (Å²) in [7, 11) is 0. The Kier molecular flexibility index (Phi) is 4.31. The molecule has 2 fully saturated rings. The Labute approximate surface area is 110 Å². The van der Waals surface area contributed by atoms with E-state index in [1.807, 2.05) is 0 Å². The second-order valence-electron chi connectivity index (χ2n) is 6.51. The topological polar surface area (TPSA) is 46.5 Å². The largest absolute Gasteiger partial charge is 0.481 e. The van der Waals surface area contributed by atoms with Gasteiger partial charge in [0.15, 0.2) is 0 Å². The second kappa shape index (κ2) is 5.60. The van der Waals surface area contributed by atoms with Crippen molar-refractivity contribution in [3.05, 3.63) is 0 Å². The maximum atomic E-state index is 11.7. The van der Waals surface area contributed by atoms with Crippen LogP contribution in [0, 0.1) is 17.3 Å². The molecule has 104 valence electrons. The predicted octanol–water partition coefficient (Wildman–Crippen LogP) is 3.47. The molecule has 1 N–H and O–H groups in total. The fourth-order valence-electron chi connectivity index (χ4n) is 3.61. The lowest BCUT2D eigenvalue weighted by Gasteiger charge is -2.39. The zero-order chi connectivity index (χ0) is 13.2. The lowest BCUT2D eigenvalue weighted by Crippen LogP contribution is -2.39. The summed E-state index contributed by atoms with van der Waals surface area (Å²) in [6, 6.07) is 0. The van der Waals surface area contributed by atoms with Gasteiger partial charge in [0.05, 0.1) is 11.5 Å². The fraction of sp³-hybridized carbons (Fsp3) is 0.933. The van der Waals surface area contributed by atoms with E-state index in [2.05, 4.69) is 13.8 Å². The quantitative estimate of drug-likeness (QED) is 0.835. The summed E-state index contributed by atoms with van der Waals surface area (Å²) in [5, 5.41) is 9.62. The predicted molar refractivity (Wildman–Crippen MR) is 70.5 cm³/mol. The molecule has 1 saturated heterocycles. The Bertz CT molecular complexity index is 284. The number of hydrogen-bond donors (Lipinski definition) is 1. The third-order valence-electron chi connectivity index (χ3n) is 5.03. The minimum absolute atomic E-state index is 0.191. The molecule has 3 heteroatoms. The molecule has 1 atom stereocenters. The molecular weight excluding hydrogens is 228 g/mol. The highest BCUT2D eigenvalue weighted by atomic mass is 16.5. The number of carboxylic acids is 1. The van der Waals surface area contributed by atoms with Crippen LogP contribution in [0.25, 0.3) is 0 Å². The summed E-state index contributed by atoms with van der Waals surface area (Å²) in [4.78, 5) is 11.7. The molecule has 0 radical (unpaired) electrons. The summed E-state index contributed by atoms with van der Waals surface area (Å²) < 4.78 is 5.64. The summed E-state index contributed by atoms with van der Waals surface area (Å²) in [5.74, 6) is 0.793. The van der Waals surface area contributed by atoms with Crippen LogP contribution < -0.4 is 0 Å². The standard InChI is InChI=1S/C15H26O3/c1-11(2)12-5-7-15(8-6-12,14(16)17)10-13-4-3-9-18-13/h11-13H,3-10H2,1-2H3,(H,16,17). The van der Waals surface area contributed by atoms with E-state index in [1.165, 1.54) is 0 Å². The van der Waals surface area contributed by atoms with Crippen LogP contribution in [-0.4, -0.2) is 23.8 Å². The smallest absolute Gasteiger partial charge is 0.309 e. The Morgan fingerprint density at radius 3 is 2.44 bits per heavy atom. The second-order valence-corrected chi connectivity index (χ2v) is 6.51. The fourth-order valence-corrected chi connectivity index (χ4v) is 3.61. The molecule has 0 bridgehead atoms. The van der Waals surface area contributed by atoms with Crippen molar-refractivity contribution < 1.29 is 14.6 Å². The first-order valence-electron chi connectivity index (χ1n) is 7.38. The van der Waals surface area contributed by atoms with Gasteiger partial charge < -0.3 is 9.84 Å². The van der Waals surface area contributed by atoms with Crippen molar-refractivity contribution in [2.45, 2.75) is 64.9 Å². The lowest BCUT2D eigenvalue weighted by atomic mass is 9.65. The van der Waals surface area contributed by atoms with Gasteiger partial charge in [0.1, 0.15) is 0 Å². The average molecular weight is 254 g/mol. The van der Waals surface area contributed by atoms with E-state index in [4.69, 9.17) is 4.74 Å². The van der Waals surface area contributed by atoms with Crippen LogP contribution in [0.4, 0.5) is 0 Å². The highest BCUT2D eigenvalue weighted by Crippen LogP contribution is 2.45. The van der Waals surface area contributed by atoms with Crippen LogP contribution >= 0.6 is 0 Å². The zero-order valence-electron chi connectivity index (χ0n) is 11.7. The van der Waals surface area contributed by atoms with E-state index in [-0.39, 0.29) is 6.10 Å². The number of carboxylic acid groups (broad SMARTS) is 1. The molecule has 0 aromatic carbocycles. The van der Waals surface area contributed by atoms with Crippen molar-refractivity contribution in [3.63, 3.8) is 0 Å². The molecule has 0 aromatic heterocycles. The minimum Gasteiger partial charge on any atom is -0.481 e. The van der Waals surface area contributed by atoms with Gasteiger partial charge in [-0.25, -0.2) is 0 Å². The van der Waals surface area contributed by atoms with Gasteiger partial charge in [-0.2, -0.15) is 0 Å². The van der Waals surface area contributed by atoms with Crippen LogP contribution in [0.3, 0.4) is 0 Å². The van der Waals surface area contributed by atoms with E-state index < -0.39 is 11.4 Å². The molecule has 18 heavy (non-hydrogen) atoms. The summed E-state index contributed by atoms with van der Waals surface area (Å²) in [5.41, 5.74) is -0.500. The molecule has 3 nitrogen and oxygen atoms in total. The molecule has 1 saturated carbocycles. The van der Waals surface area contributed by atoms with Crippen molar-refractivity contribution >= 4 is 5.97 Å². The van der Waals surface area contributed by atoms with Gasteiger partial charge in [-0.3, -0.25) is 4.79 Å². The van der Waals surface area contributed by atoms with Crippen LogP contribution in [0.15, 0.2) is 0 Å². The number of ether oxygens (including phenoxy) is 1. The van der Waals surface area contributed by atoms with Crippen LogP contribution in [0.2, 0.25) is 0 Å². The third-order valence-corrected chi connectivity index (χ3v) is 5.03. The molecule has 1 unspecified atom stereocenters. The van der Waals surface area contributed by atoms with Crippen molar-refractivity contribution in [1.82, 2.24) is 0 Å². The van der Waals surface area contributed by atoms with Gasteiger partial charge in [-0.15, -0.1) is 0 Å². The Morgan fingerprint density at radius 1 is 1.33 bits per heavy atom. The Hall–Kier alpha value is -0.570. The molecule has 2 rings (SSSR count). The molecule has 0 amide bonds. The third kappa shape index (κ3) is 2.87. The van der Waals surface area contributed by atoms with Crippen LogP contribution in [-0.2, 0) is 9.53 Å². The SMILES string of the molecule is CC(C)C1CCC(CC2CCCO2)(C(=O)O)CC1. The van der Waals surface area contributed by atoms with Crippen molar-refractivity contribution in [2.75, 3.05) is 6.61 Å². The van der Waals surface area contributed by atoms with Gasteiger partial charge >= 0.3 is 5.97 Å². The Morgan fingerprint density at radius 2 is 2.00 bits per heavy atom. The van der Waals surface area contributed by atoms with Crippen molar-refractivity contribution in [1.29, 1.82) is 0 Å². The maximum Gasteiger partial charge on any atom is 0.309 e. The molecule has 1 aliphatic heterocycles. The number of hydrogen-bond acceptors (Lipinski definition) is 2. The monoisotopic (exact) mass is 254 g/mol. The van der Waals surface area contributed by atoms with Gasteiger partial charge in [0, 0.05) is 6.61 Å². The first-order valence-corrected chi connectivity index (χ1v) is 7.38. The summed E-state index contributed by atoms with van der Waals surface area (Å²) in [6.07, 6.45) is 6.87. The van der Waals surface area contributed by atoms with Gasteiger partial charge in [-0.1, -0.05) is 13.8 Å². The normalized spacial score (nSPS) is 37.1. The molecule has 2 aliphatic rings. The highest BCUT2D eigenvalue weighted by molar-refractivity contribution is 5.74. The molecule has 1 heterocycles. The number of aliphatic carboxylic acids is 1. The number of carbonyl (C=O) groups is 1. The van der Waals surface area contributed by atoms with E-state index in [0.29, 0.717) is 11.8 Å². The molecule has 0 spiro atoms. The van der Waals surface area contributed by atoms with E-state index in [0.717, 1.165) is 51.6 Å². The van der Waals surface area contributed by atoms with Gasteiger partial charge in [-0.05, 0) is 56.8 Å². The van der Waals surface area contributed by atoms with E-state index >= 15 is 0 Å². The maximum absolute atomic E-state index is 11.7. The van der Waals surface area contributed by atoms with Crippen LogP contribution in [0.1, 0.15) is 58.8 Å². The van der Waals surface area contributed by atoms with Crippen LogP contribution in [0.5, 0.6) is 0 Å². The lowest BCUT2D eigenvalue weighted by molar-refractivity contribution is -0.154. The van der Waals surface area contributed by atoms with E-state index in [9.17, 15) is 9.90 Å². The first kappa shape index (κ1) is 13.9. The van der Waals surface area contributed by atoms with Crippen molar-refractivity contribution in [3.8, 4) is 0 Å². The highest BCUT2D eigenvalue weighted by Gasteiger charge is 2.44. The molecular formula is C15H26O3. The van der Waals surface area contributed by atoms with Gasteiger partial charge in [0.2, 0.25) is 0 Å². The molecule has 1 aliphatic carbocycles.